The molecule has 1 aromatic carbocycles. The fraction of sp³-hybridized carbons (Fsp3) is 0.250. The summed E-state index contributed by atoms with van der Waals surface area (Å²) >= 11 is 0. The van der Waals surface area contributed by atoms with Crippen LogP contribution in [0.5, 0.6) is 17.2 Å². The zero-order chi connectivity index (χ0) is 16.7. The van der Waals surface area contributed by atoms with Crippen LogP contribution in [0.25, 0.3) is 0 Å². The van der Waals surface area contributed by atoms with E-state index in [0.717, 1.165) is 0 Å². The Morgan fingerprint density at radius 2 is 1.91 bits per heavy atom. The molecule has 3 rings (SSSR count). The SMILES string of the molecule is COc1cc(OC)c2c(c1)C(=O)OC2c1coc(C)c(O)c1=O. The number of rotatable bonds is 3. The van der Waals surface area contributed by atoms with E-state index in [4.69, 9.17) is 18.6 Å². The molecule has 2 aromatic rings. The van der Waals surface area contributed by atoms with Crippen molar-refractivity contribution >= 4 is 5.97 Å². The van der Waals surface area contributed by atoms with Crippen LogP contribution >= 0.6 is 0 Å². The molecule has 0 bridgehead atoms. The second-order valence-electron chi connectivity index (χ2n) is 5.00. The molecule has 7 nitrogen and oxygen atoms in total. The van der Waals surface area contributed by atoms with Crippen molar-refractivity contribution in [3.8, 4) is 17.2 Å². The van der Waals surface area contributed by atoms with Gasteiger partial charge in [0.1, 0.15) is 23.5 Å². The molecule has 7 heteroatoms. The van der Waals surface area contributed by atoms with Gasteiger partial charge in [-0.2, -0.15) is 0 Å². The zero-order valence-electron chi connectivity index (χ0n) is 12.7. The number of esters is 1. The van der Waals surface area contributed by atoms with Gasteiger partial charge < -0.3 is 23.7 Å². The standard InChI is InChI=1S/C16H14O7/c1-7-13(17)14(18)10(6-22-7)15-12-9(16(19)23-15)4-8(20-2)5-11(12)21-3/h4-6,15,17H,1-3H3. The highest BCUT2D eigenvalue weighted by Crippen LogP contribution is 2.43. The molecule has 23 heavy (non-hydrogen) atoms. The normalized spacial score (nSPS) is 16.0. The van der Waals surface area contributed by atoms with Crippen LogP contribution < -0.4 is 14.9 Å². The number of carbonyl (C=O) groups is 1. The molecular formula is C16H14O7. The summed E-state index contributed by atoms with van der Waals surface area (Å²) in [7, 11) is 2.90. The van der Waals surface area contributed by atoms with E-state index in [1.807, 2.05) is 0 Å². The summed E-state index contributed by atoms with van der Waals surface area (Å²) in [6.07, 6.45) is 0.162. The van der Waals surface area contributed by atoms with Crippen LogP contribution in [0.4, 0.5) is 0 Å². The van der Waals surface area contributed by atoms with E-state index in [1.54, 1.807) is 6.07 Å². The van der Waals surface area contributed by atoms with E-state index in [1.165, 1.54) is 33.5 Å². The highest BCUT2D eigenvalue weighted by Gasteiger charge is 2.38. The van der Waals surface area contributed by atoms with E-state index >= 15 is 0 Å². The molecule has 0 aliphatic carbocycles. The molecule has 0 saturated heterocycles. The van der Waals surface area contributed by atoms with Gasteiger partial charge in [-0.15, -0.1) is 0 Å². The Labute approximate surface area is 131 Å². The summed E-state index contributed by atoms with van der Waals surface area (Å²) in [5, 5.41) is 9.77. The minimum Gasteiger partial charge on any atom is -0.502 e. The maximum absolute atomic E-state index is 12.2. The smallest absolute Gasteiger partial charge is 0.339 e. The molecule has 1 unspecified atom stereocenters. The Kier molecular flexibility index (Phi) is 3.48. The predicted molar refractivity (Wildman–Crippen MR) is 78.2 cm³/mol. The highest BCUT2D eigenvalue weighted by atomic mass is 16.6. The lowest BCUT2D eigenvalue weighted by Gasteiger charge is -2.14. The van der Waals surface area contributed by atoms with Crippen LogP contribution in [0.3, 0.4) is 0 Å². The van der Waals surface area contributed by atoms with Crippen molar-refractivity contribution in [3.63, 3.8) is 0 Å². The van der Waals surface area contributed by atoms with E-state index in [-0.39, 0.29) is 16.9 Å². The molecule has 1 aromatic heterocycles. The largest absolute Gasteiger partial charge is 0.502 e. The van der Waals surface area contributed by atoms with E-state index < -0.39 is 23.3 Å². The van der Waals surface area contributed by atoms with Crippen molar-refractivity contribution in [3.05, 3.63) is 51.1 Å². The first-order valence-electron chi connectivity index (χ1n) is 6.76. The summed E-state index contributed by atoms with van der Waals surface area (Å²) in [5.41, 5.74) is 0.000422. The lowest BCUT2D eigenvalue weighted by Crippen LogP contribution is -2.15. The van der Waals surface area contributed by atoms with Crippen LogP contribution in [0.2, 0.25) is 0 Å². The van der Waals surface area contributed by atoms with Gasteiger partial charge in [0.2, 0.25) is 11.2 Å². The Hall–Kier alpha value is -2.96. The molecule has 1 N–H and O–H groups in total. The molecule has 1 atom stereocenters. The first kappa shape index (κ1) is 15.0. The number of carbonyl (C=O) groups excluding carboxylic acids is 1. The molecule has 1 aliphatic heterocycles. The Bertz CT molecular complexity index is 850. The third-order valence-corrected chi connectivity index (χ3v) is 3.73. The third-order valence-electron chi connectivity index (χ3n) is 3.73. The highest BCUT2D eigenvalue weighted by molar-refractivity contribution is 5.96. The van der Waals surface area contributed by atoms with Gasteiger partial charge in [0.15, 0.2) is 6.10 Å². The van der Waals surface area contributed by atoms with Gasteiger partial charge in [0.25, 0.3) is 0 Å². The first-order chi connectivity index (χ1) is 11.0. The molecule has 0 amide bonds. The van der Waals surface area contributed by atoms with Crippen LogP contribution in [0, 0.1) is 6.92 Å². The molecule has 1 aliphatic rings. The summed E-state index contributed by atoms with van der Waals surface area (Å²) < 4.78 is 20.8. The fourth-order valence-electron chi connectivity index (χ4n) is 2.51. The van der Waals surface area contributed by atoms with Crippen LogP contribution in [0.15, 0.2) is 27.6 Å². The van der Waals surface area contributed by atoms with Gasteiger partial charge in [-0.3, -0.25) is 4.79 Å². The number of aromatic hydroxyl groups is 1. The number of methoxy groups -OCH3 is 2. The molecule has 2 heterocycles. The molecule has 0 radical (unpaired) electrons. The second kappa shape index (κ2) is 5.35. The summed E-state index contributed by atoms with van der Waals surface area (Å²) in [6.45, 7) is 1.46. The topological polar surface area (TPSA) is 95.2 Å². The number of hydrogen-bond acceptors (Lipinski definition) is 7. The van der Waals surface area contributed by atoms with Crippen molar-refractivity contribution < 1.29 is 28.5 Å². The van der Waals surface area contributed by atoms with Crippen LogP contribution in [-0.2, 0) is 4.74 Å². The van der Waals surface area contributed by atoms with Crippen molar-refractivity contribution in [1.29, 1.82) is 0 Å². The number of hydrogen-bond donors (Lipinski definition) is 1. The summed E-state index contributed by atoms with van der Waals surface area (Å²) in [6, 6.07) is 3.10. The Balaban J connectivity index is 2.23. The number of ether oxygens (including phenoxy) is 3. The average molecular weight is 318 g/mol. The van der Waals surface area contributed by atoms with E-state index in [2.05, 4.69) is 0 Å². The lowest BCUT2D eigenvalue weighted by molar-refractivity contribution is 0.0449. The first-order valence-corrected chi connectivity index (χ1v) is 6.76. The van der Waals surface area contributed by atoms with Crippen molar-refractivity contribution in [1.82, 2.24) is 0 Å². The van der Waals surface area contributed by atoms with Gasteiger partial charge in [-0.25, -0.2) is 4.79 Å². The minimum atomic E-state index is -1.01. The van der Waals surface area contributed by atoms with Crippen molar-refractivity contribution in [2.24, 2.45) is 0 Å². The minimum absolute atomic E-state index is 0.0173. The van der Waals surface area contributed by atoms with Gasteiger partial charge in [0.05, 0.1) is 30.9 Å². The third kappa shape index (κ3) is 2.21. The fourth-order valence-corrected chi connectivity index (χ4v) is 2.51. The average Bonchev–Trinajstić information content (AvgIpc) is 2.89. The molecule has 0 fully saturated rings. The predicted octanol–water partition coefficient (Wildman–Crippen LogP) is 1.93. The maximum atomic E-state index is 12.2. The van der Waals surface area contributed by atoms with Gasteiger partial charge in [0, 0.05) is 6.07 Å². The second-order valence-corrected chi connectivity index (χ2v) is 5.00. The van der Waals surface area contributed by atoms with Crippen LogP contribution in [-0.4, -0.2) is 25.3 Å². The quantitative estimate of drug-likeness (QED) is 0.864. The van der Waals surface area contributed by atoms with E-state index in [9.17, 15) is 14.7 Å². The van der Waals surface area contributed by atoms with Crippen molar-refractivity contribution in [2.75, 3.05) is 14.2 Å². The Morgan fingerprint density at radius 3 is 2.57 bits per heavy atom. The van der Waals surface area contributed by atoms with Gasteiger partial charge >= 0.3 is 5.97 Å². The lowest BCUT2D eigenvalue weighted by atomic mass is 9.98. The number of cyclic esters (lactones) is 1. The van der Waals surface area contributed by atoms with Crippen LogP contribution in [0.1, 0.15) is 33.3 Å². The number of benzene rings is 1. The Morgan fingerprint density at radius 1 is 1.17 bits per heavy atom. The zero-order valence-corrected chi connectivity index (χ0v) is 12.7. The van der Waals surface area contributed by atoms with E-state index in [0.29, 0.717) is 17.1 Å². The molecule has 120 valence electrons. The van der Waals surface area contributed by atoms with Gasteiger partial charge in [-0.05, 0) is 13.0 Å². The number of fused-ring (bicyclic) bond motifs is 1. The molecule has 0 saturated carbocycles. The molecular weight excluding hydrogens is 304 g/mol. The van der Waals surface area contributed by atoms with Gasteiger partial charge in [-0.1, -0.05) is 0 Å². The maximum Gasteiger partial charge on any atom is 0.339 e. The monoisotopic (exact) mass is 318 g/mol. The number of aryl methyl sites for hydroxylation is 1. The molecule has 0 spiro atoms. The summed E-state index contributed by atoms with van der Waals surface area (Å²) in [4.78, 5) is 24.4. The summed E-state index contributed by atoms with van der Waals surface area (Å²) in [5.74, 6) is -0.266. The van der Waals surface area contributed by atoms with Crippen molar-refractivity contribution in [2.45, 2.75) is 13.0 Å².